The van der Waals surface area contributed by atoms with Gasteiger partial charge in [-0.2, -0.15) is 0 Å². The summed E-state index contributed by atoms with van der Waals surface area (Å²) in [4.78, 5) is 13.9. The maximum absolute atomic E-state index is 12.1. The van der Waals surface area contributed by atoms with Crippen molar-refractivity contribution in [2.75, 3.05) is 33.4 Å². The number of unbranched alkanes of at least 4 members (excludes halogenated alkanes) is 1. The number of methoxy groups -OCH3 is 1. The third-order valence-corrected chi connectivity index (χ3v) is 3.59. The molecule has 1 aliphatic rings. The summed E-state index contributed by atoms with van der Waals surface area (Å²) in [7, 11) is 1.74. The molecule has 1 atom stereocenters. The van der Waals surface area contributed by atoms with Crippen molar-refractivity contribution in [2.45, 2.75) is 64.5 Å². The quantitative estimate of drug-likeness (QED) is 0.766. The molecule has 1 aliphatic heterocycles. The van der Waals surface area contributed by atoms with Crippen LogP contribution < -0.4 is 5.32 Å². The minimum Gasteiger partial charge on any atom is -0.444 e. The number of carbonyl (C=O) groups excluding carboxylic acids is 1. The van der Waals surface area contributed by atoms with Gasteiger partial charge in [-0.1, -0.05) is 0 Å². The van der Waals surface area contributed by atoms with Crippen molar-refractivity contribution in [2.24, 2.45) is 0 Å². The number of hydrogen-bond acceptors (Lipinski definition) is 4. The van der Waals surface area contributed by atoms with Gasteiger partial charge in [0, 0.05) is 32.8 Å². The van der Waals surface area contributed by atoms with Crippen LogP contribution in [0.25, 0.3) is 0 Å². The van der Waals surface area contributed by atoms with Crippen LogP contribution in [0.4, 0.5) is 4.79 Å². The summed E-state index contributed by atoms with van der Waals surface area (Å²) in [5.74, 6) is 0. The number of carbonyl (C=O) groups is 1. The molecular formula is C16H32N2O3. The fourth-order valence-electron chi connectivity index (χ4n) is 2.49. The second-order valence-electron chi connectivity index (χ2n) is 6.75. The van der Waals surface area contributed by atoms with Gasteiger partial charge >= 0.3 is 6.09 Å². The Hall–Kier alpha value is -0.810. The number of hydrogen-bond donors (Lipinski definition) is 1. The second kappa shape index (κ2) is 9.26. The van der Waals surface area contributed by atoms with Crippen molar-refractivity contribution in [1.82, 2.24) is 10.2 Å². The highest BCUT2D eigenvalue weighted by Crippen LogP contribution is 2.15. The molecule has 1 fully saturated rings. The van der Waals surface area contributed by atoms with Gasteiger partial charge < -0.3 is 19.7 Å². The number of amides is 1. The summed E-state index contributed by atoms with van der Waals surface area (Å²) in [6.45, 7) is 9.17. The monoisotopic (exact) mass is 300 g/mol. The van der Waals surface area contributed by atoms with Gasteiger partial charge in [-0.25, -0.2) is 4.79 Å². The van der Waals surface area contributed by atoms with Gasteiger partial charge in [0.2, 0.25) is 0 Å². The first-order valence-electron chi connectivity index (χ1n) is 8.12. The molecule has 0 spiro atoms. The van der Waals surface area contributed by atoms with Gasteiger partial charge in [-0.05, 0) is 59.4 Å². The van der Waals surface area contributed by atoms with Gasteiger partial charge in [-0.15, -0.1) is 0 Å². The van der Waals surface area contributed by atoms with E-state index in [0.29, 0.717) is 6.04 Å². The van der Waals surface area contributed by atoms with Crippen LogP contribution in [0.5, 0.6) is 0 Å². The fraction of sp³-hybridized carbons (Fsp3) is 0.938. The van der Waals surface area contributed by atoms with Crippen molar-refractivity contribution in [3.8, 4) is 0 Å². The van der Waals surface area contributed by atoms with Crippen LogP contribution in [0.3, 0.4) is 0 Å². The summed E-state index contributed by atoms with van der Waals surface area (Å²) in [5, 5.41) is 3.59. The molecule has 1 rings (SSSR count). The molecule has 1 saturated heterocycles. The molecule has 1 amide bonds. The first-order chi connectivity index (χ1) is 9.92. The molecule has 0 aromatic heterocycles. The van der Waals surface area contributed by atoms with Crippen LogP contribution in [0, 0.1) is 0 Å². The van der Waals surface area contributed by atoms with Crippen LogP contribution in [-0.4, -0.2) is 56.0 Å². The van der Waals surface area contributed by atoms with E-state index < -0.39 is 5.60 Å². The van der Waals surface area contributed by atoms with Crippen LogP contribution in [-0.2, 0) is 9.47 Å². The molecule has 0 aliphatic carbocycles. The van der Waals surface area contributed by atoms with Crippen molar-refractivity contribution in [3.63, 3.8) is 0 Å². The molecule has 5 heteroatoms. The van der Waals surface area contributed by atoms with Gasteiger partial charge in [0.15, 0.2) is 0 Å². The Bertz CT molecular complexity index is 302. The lowest BCUT2D eigenvalue weighted by Gasteiger charge is -2.26. The maximum atomic E-state index is 12.1. The molecule has 5 nitrogen and oxygen atoms in total. The summed E-state index contributed by atoms with van der Waals surface area (Å²) < 4.78 is 10.5. The normalized spacial score (nSPS) is 20.2. The van der Waals surface area contributed by atoms with E-state index in [1.807, 2.05) is 25.7 Å². The number of nitrogens with one attached hydrogen (secondary N) is 1. The molecule has 0 aromatic rings. The largest absolute Gasteiger partial charge is 0.444 e. The smallest absolute Gasteiger partial charge is 0.410 e. The molecule has 0 aromatic carbocycles. The van der Waals surface area contributed by atoms with Crippen molar-refractivity contribution in [1.29, 1.82) is 0 Å². The number of ether oxygens (including phenoxy) is 2. The first-order valence-corrected chi connectivity index (χ1v) is 8.12. The van der Waals surface area contributed by atoms with E-state index in [1.165, 1.54) is 0 Å². The Labute approximate surface area is 129 Å². The summed E-state index contributed by atoms with van der Waals surface area (Å²) in [6.07, 6.45) is 5.23. The molecule has 0 bridgehead atoms. The zero-order valence-corrected chi connectivity index (χ0v) is 14.1. The van der Waals surface area contributed by atoms with Gasteiger partial charge in [0.05, 0.1) is 0 Å². The van der Waals surface area contributed by atoms with E-state index in [1.54, 1.807) is 7.11 Å². The molecule has 1 heterocycles. The van der Waals surface area contributed by atoms with Crippen LogP contribution in [0.2, 0.25) is 0 Å². The van der Waals surface area contributed by atoms with Crippen molar-refractivity contribution in [3.05, 3.63) is 0 Å². The zero-order chi connectivity index (χ0) is 15.7. The Kier molecular flexibility index (Phi) is 8.04. The third kappa shape index (κ3) is 8.27. The van der Waals surface area contributed by atoms with Crippen molar-refractivity contribution >= 4 is 6.09 Å². The average Bonchev–Trinajstić information content (AvgIpc) is 2.62. The minimum absolute atomic E-state index is 0.178. The van der Waals surface area contributed by atoms with Gasteiger partial charge in [-0.3, -0.25) is 0 Å². The van der Waals surface area contributed by atoms with E-state index in [4.69, 9.17) is 9.47 Å². The van der Waals surface area contributed by atoms with E-state index >= 15 is 0 Å². The lowest BCUT2D eigenvalue weighted by Crippen LogP contribution is -2.38. The lowest BCUT2D eigenvalue weighted by molar-refractivity contribution is 0.0256. The van der Waals surface area contributed by atoms with E-state index in [9.17, 15) is 4.79 Å². The third-order valence-electron chi connectivity index (χ3n) is 3.59. The highest BCUT2D eigenvalue weighted by Gasteiger charge is 2.24. The number of likely N-dealkylation sites (tertiary alicyclic amines) is 1. The van der Waals surface area contributed by atoms with E-state index in [0.717, 1.165) is 58.3 Å². The Morgan fingerprint density at radius 2 is 2.00 bits per heavy atom. The zero-order valence-electron chi connectivity index (χ0n) is 14.1. The predicted octanol–water partition coefficient (Wildman–Crippen LogP) is 2.79. The molecular weight excluding hydrogens is 268 g/mol. The molecule has 21 heavy (non-hydrogen) atoms. The fourth-order valence-corrected chi connectivity index (χ4v) is 2.49. The molecule has 0 radical (unpaired) electrons. The highest BCUT2D eigenvalue weighted by molar-refractivity contribution is 5.68. The molecule has 124 valence electrons. The lowest BCUT2D eigenvalue weighted by atomic mass is 10.1. The van der Waals surface area contributed by atoms with E-state index in [2.05, 4.69) is 5.32 Å². The first kappa shape index (κ1) is 18.2. The number of rotatable bonds is 6. The summed E-state index contributed by atoms with van der Waals surface area (Å²) in [5.41, 5.74) is -0.414. The SMILES string of the molecule is COCCCCNC1CCCN(C(=O)OC(C)(C)C)CC1. The molecule has 0 saturated carbocycles. The summed E-state index contributed by atoms with van der Waals surface area (Å²) in [6, 6.07) is 0.514. The van der Waals surface area contributed by atoms with Gasteiger partial charge in [0.25, 0.3) is 0 Å². The Morgan fingerprint density at radius 3 is 2.67 bits per heavy atom. The standard InChI is InChI=1S/C16H32N2O3/c1-16(2,3)21-15(19)18-11-7-8-14(9-12-18)17-10-5-6-13-20-4/h14,17H,5-13H2,1-4H3. The maximum Gasteiger partial charge on any atom is 0.410 e. The Morgan fingerprint density at radius 1 is 1.24 bits per heavy atom. The second-order valence-corrected chi connectivity index (χ2v) is 6.75. The average molecular weight is 300 g/mol. The highest BCUT2D eigenvalue weighted by atomic mass is 16.6. The van der Waals surface area contributed by atoms with Crippen molar-refractivity contribution < 1.29 is 14.3 Å². The molecule has 1 unspecified atom stereocenters. The predicted molar refractivity (Wildman–Crippen MR) is 84.6 cm³/mol. The van der Waals surface area contributed by atoms with E-state index in [-0.39, 0.29) is 6.09 Å². The van der Waals surface area contributed by atoms with Gasteiger partial charge in [0.1, 0.15) is 5.60 Å². The number of nitrogens with zero attached hydrogens (tertiary/aromatic N) is 1. The van der Waals surface area contributed by atoms with Crippen LogP contribution in [0.1, 0.15) is 52.9 Å². The minimum atomic E-state index is -0.414. The molecule has 1 N–H and O–H groups in total. The van der Waals surface area contributed by atoms with Crippen LogP contribution >= 0.6 is 0 Å². The topological polar surface area (TPSA) is 50.8 Å². The van der Waals surface area contributed by atoms with Crippen LogP contribution in [0.15, 0.2) is 0 Å². The Balaban J connectivity index is 2.25. The summed E-state index contributed by atoms with van der Waals surface area (Å²) >= 11 is 0.